The second-order valence-electron chi connectivity index (χ2n) is 5.61. The van der Waals surface area contributed by atoms with E-state index in [0.717, 1.165) is 22.4 Å². The third kappa shape index (κ3) is 2.55. The molecule has 2 atom stereocenters. The molecule has 2 aromatic carbocycles. The van der Waals surface area contributed by atoms with Crippen LogP contribution in [0.4, 0.5) is 5.69 Å². The van der Waals surface area contributed by atoms with Crippen molar-refractivity contribution in [2.45, 2.75) is 25.3 Å². The zero-order valence-electron chi connectivity index (χ0n) is 12.7. The molecule has 2 nitrogen and oxygen atoms in total. The summed E-state index contributed by atoms with van der Waals surface area (Å²) in [5.41, 5.74) is 4.27. The van der Waals surface area contributed by atoms with Gasteiger partial charge in [-0.05, 0) is 30.5 Å². The Hall–Kier alpha value is -2.06. The van der Waals surface area contributed by atoms with E-state index in [1.54, 1.807) is 0 Å². The SMILES string of the molecule is Cc1cccc(C)c1N1C(=O)C(Cl)C1/C=C/c1ccccc1. The number of benzene rings is 2. The lowest BCUT2D eigenvalue weighted by Crippen LogP contribution is -2.62. The van der Waals surface area contributed by atoms with Gasteiger partial charge in [-0.2, -0.15) is 0 Å². The summed E-state index contributed by atoms with van der Waals surface area (Å²) in [6.45, 7) is 4.05. The molecular formula is C19H18ClNO. The van der Waals surface area contributed by atoms with E-state index in [9.17, 15) is 4.79 Å². The molecule has 0 aliphatic carbocycles. The lowest BCUT2D eigenvalue weighted by molar-refractivity contribution is -0.122. The van der Waals surface area contributed by atoms with E-state index in [4.69, 9.17) is 11.6 Å². The number of hydrogen-bond donors (Lipinski definition) is 0. The highest BCUT2D eigenvalue weighted by Gasteiger charge is 2.46. The van der Waals surface area contributed by atoms with Crippen LogP contribution >= 0.6 is 11.6 Å². The lowest BCUT2D eigenvalue weighted by atomic mass is 9.95. The molecule has 1 aliphatic heterocycles. The van der Waals surface area contributed by atoms with E-state index in [1.807, 2.05) is 79.4 Å². The molecule has 112 valence electrons. The third-order valence-corrected chi connectivity index (χ3v) is 4.48. The number of carbonyl (C=O) groups is 1. The Balaban J connectivity index is 1.91. The highest BCUT2D eigenvalue weighted by atomic mass is 35.5. The average molecular weight is 312 g/mol. The molecule has 1 fully saturated rings. The molecule has 1 saturated heterocycles. The van der Waals surface area contributed by atoms with Gasteiger partial charge < -0.3 is 4.90 Å². The van der Waals surface area contributed by atoms with Gasteiger partial charge in [0.2, 0.25) is 5.91 Å². The average Bonchev–Trinajstić information content (AvgIpc) is 2.53. The van der Waals surface area contributed by atoms with Crippen molar-refractivity contribution >= 4 is 29.3 Å². The van der Waals surface area contributed by atoms with Crippen molar-refractivity contribution in [1.82, 2.24) is 0 Å². The number of amides is 1. The number of carbonyl (C=O) groups excluding carboxylic acids is 1. The van der Waals surface area contributed by atoms with E-state index in [-0.39, 0.29) is 11.9 Å². The first-order valence-electron chi connectivity index (χ1n) is 7.36. The quantitative estimate of drug-likeness (QED) is 0.610. The van der Waals surface area contributed by atoms with Crippen molar-refractivity contribution in [2.24, 2.45) is 0 Å². The minimum absolute atomic E-state index is 0.0261. The maximum Gasteiger partial charge on any atom is 0.248 e. The number of para-hydroxylation sites is 1. The first-order chi connectivity index (χ1) is 10.6. The number of aryl methyl sites for hydroxylation is 2. The fourth-order valence-electron chi connectivity index (χ4n) is 2.88. The van der Waals surface area contributed by atoms with Crippen molar-refractivity contribution in [2.75, 3.05) is 4.90 Å². The Labute approximate surface area is 136 Å². The Kier molecular flexibility index (Phi) is 4.04. The normalized spacial score (nSPS) is 21.2. The van der Waals surface area contributed by atoms with Gasteiger partial charge in [0.25, 0.3) is 0 Å². The van der Waals surface area contributed by atoms with Crippen LogP contribution in [0, 0.1) is 13.8 Å². The maximum atomic E-state index is 12.2. The Morgan fingerprint density at radius 1 is 1.00 bits per heavy atom. The number of anilines is 1. The molecule has 2 unspecified atom stereocenters. The standard InChI is InChI=1S/C19H18ClNO/c1-13-7-6-8-14(2)18(13)21-16(17(20)19(21)22)12-11-15-9-4-3-5-10-15/h3-12,16-17H,1-2H3/b12-11+. The maximum absolute atomic E-state index is 12.2. The van der Waals surface area contributed by atoms with Crippen LogP contribution in [0.3, 0.4) is 0 Å². The summed E-state index contributed by atoms with van der Waals surface area (Å²) < 4.78 is 0. The number of nitrogens with zero attached hydrogens (tertiary/aromatic N) is 1. The minimum atomic E-state index is -0.487. The molecule has 1 amide bonds. The van der Waals surface area contributed by atoms with Gasteiger partial charge in [-0.25, -0.2) is 0 Å². The molecule has 3 heteroatoms. The molecule has 3 rings (SSSR count). The van der Waals surface area contributed by atoms with Crippen molar-refractivity contribution < 1.29 is 4.79 Å². The van der Waals surface area contributed by atoms with Gasteiger partial charge in [0, 0.05) is 0 Å². The van der Waals surface area contributed by atoms with Crippen LogP contribution in [0.15, 0.2) is 54.6 Å². The molecular weight excluding hydrogens is 294 g/mol. The third-order valence-electron chi connectivity index (χ3n) is 4.04. The van der Waals surface area contributed by atoms with Crippen LogP contribution in [0.5, 0.6) is 0 Å². The zero-order valence-corrected chi connectivity index (χ0v) is 13.4. The summed E-state index contributed by atoms with van der Waals surface area (Å²) in [4.78, 5) is 14.1. The topological polar surface area (TPSA) is 20.3 Å². The molecule has 0 radical (unpaired) electrons. The van der Waals surface area contributed by atoms with Gasteiger partial charge in [0.05, 0.1) is 11.7 Å². The molecule has 0 bridgehead atoms. The van der Waals surface area contributed by atoms with E-state index in [2.05, 4.69) is 0 Å². The minimum Gasteiger partial charge on any atom is -0.302 e. The summed E-state index contributed by atoms with van der Waals surface area (Å²) in [5.74, 6) is -0.0261. The first-order valence-corrected chi connectivity index (χ1v) is 7.80. The number of β-lactam (4-membered cyclic amide) rings is 1. The smallest absolute Gasteiger partial charge is 0.248 e. The van der Waals surface area contributed by atoms with Gasteiger partial charge in [-0.3, -0.25) is 4.79 Å². The second-order valence-corrected chi connectivity index (χ2v) is 6.08. The molecule has 1 aliphatic rings. The van der Waals surface area contributed by atoms with Crippen LogP contribution in [-0.4, -0.2) is 17.3 Å². The van der Waals surface area contributed by atoms with Crippen LogP contribution in [0.25, 0.3) is 6.08 Å². The Morgan fingerprint density at radius 2 is 1.64 bits per heavy atom. The summed E-state index contributed by atoms with van der Waals surface area (Å²) in [5, 5.41) is -0.487. The molecule has 22 heavy (non-hydrogen) atoms. The molecule has 1 heterocycles. The molecule has 2 aromatic rings. The zero-order chi connectivity index (χ0) is 15.7. The van der Waals surface area contributed by atoms with Crippen molar-refractivity contribution in [3.8, 4) is 0 Å². The molecule has 0 N–H and O–H groups in total. The summed E-state index contributed by atoms with van der Waals surface area (Å²) >= 11 is 6.24. The summed E-state index contributed by atoms with van der Waals surface area (Å²) in [6.07, 6.45) is 4.04. The van der Waals surface area contributed by atoms with Crippen molar-refractivity contribution in [1.29, 1.82) is 0 Å². The largest absolute Gasteiger partial charge is 0.302 e. The van der Waals surface area contributed by atoms with Crippen molar-refractivity contribution in [3.05, 3.63) is 71.3 Å². The molecule has 0 saturated carbocycles. The Morgan fingerprint density at radius 3 is 2.27 bits per heavy atom. The van der Waals surface area contributed by atoms with E-state index < -0.39 is 5.38 Å². The van der Waals surface area contributed by atoms with Crippen LogP contribution in [0.2, 0.25) is 0 Å². The van der Waals surface area contributed by atoms with Crippen molar-refractivity contribution in [3.63, 3.8) is 0 Å². The van der Waals surface area contributed by atoms with Gasteiger partial charge >= 0.3 is 0 Å². The van der Waals surface area contributed by atoms with E-state index in [1.165, 1.54) is 0 Å². The van der Waals surface area contributed by atoms with E-state index in [0.29, 0.717) is 0 Å². The van der Waals surface area contributed by atoms with Gasteiger partial charge in [-0.1, -0.05) is 60.7 Å². The second kappa shape index (κ2) is 5.98. The number of hydrogen-bond acceptors (Lipinski definition) is 1. The van der Waals surface area contributed by atoms with Crippen LogP contribution in [0.1, 0.15) is 16.7 Å². The predicted molar refractivity (Wildman–Crippen MR) is 92.3 cm³/mol. The number of alkyl halides is 1. The predicted octanol–water partition coefficient (Wildman–Crippen LogP) is 4.34. The van der Waals surface area contributed by atoms with E-state index >= 15 is 0 Å². The van der Waals surface area contributed by atoms with Gasteiger partial charge in [0.1, 0.15) is 5.38 Å². The summed E-state index contributed by atoms with van der Waals surface area (Å²) in [6, 6.07) is 16.0. The Bertz CT molecular complexity index is 703. The summed E-state index contributed by atoms with van der Waals surface area (Å²) in [7, 11) is 0. The van der Waals surface area contributed by atoms with Crippen LogP contribution < -0.4 is 4.90 Å². The van der Waals surface area contributed by atoms with Gasteiger partial charge in [0.15, 0.2) is 0 Å². The fraction of sp³-hybridized carbons (Fsp3) is 0.211. The molecule has 0 spiro atoms. The monoisotopic (exact) mass is 311 g/mol. The highest BCUT2D eigenvalue weighted by molar-refractivity contribution is 6.37. The fourth-order valence-corrected chi connectivity index (χ4v) is 3.18. The van der Waals surface area contributed by atoms with Crippen LogP contribution in [-0.2, 0) is 4.79 Å². The lowest BCUT2D eigenvalue weighted by Gasteiger charge is -2.44. The number of halogens is 1. The van der Waals surface area contributed by atoms with Gasteiger partial charge in [-0.15, -0.1) is 11.6 Å². The molecule has 0 aromatic heterocycles. The first kappa shape index (κ1) is 14.9. The highest BCUT2D eigenvalue weighted by Crippen LogP contribution is 2.36. The number of rotatable bonds is 3.